The lowest BCUT2D eigenvalue weighted by molar-refractivity contribution is -0.156. The highest BCUT2D eigenvalue weighted by atomic mass is 32.2. The summed E-state index contributed by atoms with van der Waals surface area (Å²) in [4.78, 5) is 43.9. The Morgan fingerprint density at radius 1 is 1.07 bits per heavy atom. The molecule has 2 saturated heterocycles. The minimum Gasteiger partial charge on any atom is -0.428 e. The van der Waals surface area contributed by atoms with Gasteiger partial charge in [0.2, 0.25) is 12.7 Å². The number of benzene rings is 2. The van der Waals surface area contributed by atoms with Crippen LogP contribution in [-0.2, 0) is 45.4 Å². The van der Waals surface area contributed by atoms with Crippen molar-refractivity contribution in [2.75, 3.05) is 46.2 Å². The number of nitriles is 1. The van der Waals surface area contributed by atoms with Crippen LogP contribution in [0.5, 0.6) is 0 Å². The average Bonchev–Trinajstić information content (AvgIpc) is 3.91. The second-order valence-electron chi connectivity index (χ2n) is 13.2. The standard InChI is InChI=1S/C39H43F3N6O8S/c1-27(57-31-21-52-37(53-22-31)7-3-2-6-29-9-8-28(20-43)18-33(29)41)39(23-48-25-44-24-46-48,32-11-10-30(40)19-34(32)42)56-38(51)55-26-54-36(50)13-12-35(49)45-14-17-47-15-4-5-16-47/h2-3,6-11,18-19,24-25,27,31,37H,4-5,12-17,21-23,26H2,1H3,(H,45,49)/b6-2+,7-3+/t27-,31?,37?,39-/m1/s1. The van der Waals surface area contributed by atoms with Crippen LogP contribution in [0.25, 0.3) is 6.08 Å². The second kappa shape index (κ2) is 21.3. The maximum absolute atomic E-state index is 15.7. The van der Waals surface area contributed by atoms with Crippen LogP contribution in [0.1, 0.15) is 49.3 Å². The van der Waals surface area contributed by atoms with Crippen molar-refractivity contribution in [2.45, 2.75) is 61.5 Å². The van der Waals surface area contributed by atoms with Crippen LogP contribution in [0, 0.1) is 28.8 Å². The fraction of sp³-hybridized carbons (Fsp3) is 0.436. The van der Waals surface area contributed by atoms with Crippen LogP contribution in [0.15, 0.2) is 67.3 Å². The van der Waals surface area contributed by atoms with Gasteiger partial charge in [0.05, 0.1) is 43.1 Å². The molecule has 0 unspecified atom stereocenters. The number of amides is 1. The Bertz CT molecular complexity index is 1920. The Labute approximate surface area is 331 Å². The third-order valence-electron chi connectivity index (χ3n) is 9.15. The summed E-state index contributed by atoms with van der Waals surface area (Å²) in [5.74, 6) is -3.50. The van der Waals surface area contributed by atoms with E-state index >= 15 is 4.39 Å². The van der Waals surface area contributed by atoms with Crippen LogP contribution in [-0.4, -0.2) is 101 Å². The zero-order valence-electron chi connectivity index (χ0n) is 31.2. The number of thioether (sulfide) groups is 1. The summed E-state index contributed by atoms with van der Waals surface area (Å²) in [6, 6.07) is 8.89. The van der Waals surface area contributed by atoms with Crippen molar-refractivity contribution in [3.05, 3.63) is 101 Å². The minimum atomic E-state index is -1.90. The van der Waals surface area contributed by atoms with Gasteiger partial charge in [-0.2, -0.15) is 10.4 Å². The first-order valence-electron chi connectivity index (χ1n) is 18.3. The van der Waals surface area contributed by atoms with Crippen LogP contribution < -0.4 is 5.32 Å². The van der Waals surface area contributed by atoms with Gasteiger partial charge in [-0.3, -0.25) is 9.59 Å². The van der Waals surface area contributed by atoms with Gasteiger partial charge >= 0.3 is 12.1 Å². The lowest BCUT2D eigenvalue weighted by Gasteiger charge is -2.40. The minimum absolute atomic E-state index is 0.118. The van der Waals surface area contributed by atoms with Crippen molar-refractivity contribution in [1.82, 2.24) is 25.0 Å². The number of hydrogen-bond acceptors (Lipinski definition) is 13. The molecule has 2 fully saturated rings. The molecule has 5 rings (SSSR count). The molecule has 0 aliphatic carbocycles. The van der Waals surface area contributed by atoms with Crippen LogP contribution in [0.4, 0.5) is 18.0 Å². The molecular weight excluding hydrogens is 770 g/mol. The Hall–Kier alpha value is -5.22. The van der Waals surface area contributed by atoms with Crippen molar-refractivity contribution in [2.24, 2.45) is 0 Å². The topological polar surface area (TPSA) is 167 Å². The molecule has 304 valence electrons. The fourth-order valence-electron chi connectivity index (χ4n) is 6.18. The van der Waals surface area contributed by atoms with E-state index in [9.17, 15) is 23.2 Å². The average molecular weight is 813 g/mol. The van der Waals surface area contributed by atoms with Gasteiger partial charge in [-0.25, -0.2) is 27.6 Å². The first-order valence-corrected chi connectivity index (χ1v) is 19.2. The maximum atomic E-state index is 15.7. The number of nitrogens with one attached hydrogen (secondary N) is 1. The van der Waals surface area contributed by atoms with E-state index < -0.39 is 53.5 Å². The maximum Gasteiger partial charge on any atom is 0.512 e. The van der Waals surface area contributed by atoms with Crippen LogP contribution in [0.2, 0.25) is 0 Å². The SMILES string of the molecule is C[C@@H](SC1COC(/C=C/C=C/c2ccc(C#N)cc2F)OC1)[C@@](Cn1cncn1)(OC(=O)OCOC(=O)CCC(=O)NCCN1CCCC1)c1ccc(F)cc1F. The van der Waals surface area contributed by atoms with Crippen LogP contribution >= 0.6 is 11.8 Å². The molecule has 14 nitrogen and oxygen atoms in total. The summed E-state index contributed by atoms with van der Waals surface area (Å²) >= 11 is 1.25. The molecule has 1 amide bonds. The van der Waals surface area contributed by atoms with Gasteiger partial charge in [0.25, 0.3) is 0 Å². The van der Waals surface area contributed by atoms with E-state index in [2.05, 4.69) is 20.3 Å². The van der Waals surface area contributed by atoms with Gasteiger partial charge in [0.1, 0.15) is 30.1 Å². The summed E-state index contributed by atoms with van der Waals surface area (Å²) in [7, 11) is 0. The first-order chi connectivity index (χ1) is 27.5. The molecule has 57 heavy (non-hydrogen) atoms. The van der Waals surface area contributed by atoms with Gasteiger partial charge in [-0.05, 0) is 63.2 Å². The molecule has 1 aromatic heterocycles. The highest BCUT2D eigenvalue weighted by molar-refractivity contribution is 8.00. The molecule has 1 N–H and O–H groups in total. The predicted molar refractivity (Wildman–Crippen MR) is 200 cm³/mol. The van der Waals surface area contributed by atoms with Gasteiger partial charge in [-0.1, -0.05) is 24.3 Å². The summed E-state index contributed by atoms with van der Waals surface area (Å²) in [6.45, 7) is 4.08. The van der Waals surface area contributed by atoms with E-state index in [0.29, 0.717) is 18.2 Å². The van der Waals surface area contributed by atoms with Crippen molar-refractivity contribution in [3.63, 3.8) is 0 Å². The molecule has 2 aliphatic heterocycles. The largest absolute Gasteiger partial charge is 0.512 e. The number of carbonyl (C=O) groups excluding carboxylic acids is 3. The zero-order valence-corrected chi connectivity index (χ0v) is 32.0. The summed E-state index contributed by atoms with van der Waals surface area (Å²) in [5, 5.41) is 14.7. The Morgan fingerprint density at radius 2 is 1.86 bits per heavy atom. The monoisotopic (exact) mass is 812 g/mol. The van der Waals surface area contributed by atoms with E-state index in [0.717, 1.165) is 50.7 Å². The molecule has 0 saturated carbocycles. The van der Waals surface area contributed by atoms with E-state index in [-0.39, 0.29) is 54.9 Å². The van der Waals surface area contributed by atoms with E-state index in [1.165, 1.54) is 47.3 Å². The number of esters is 1. The van der Waals surface area contributed by atoms with Crippen molar-refractivity contribution in [1.29, 1.82) is 5.26 Å². The number of aromatic nitrogens is 3. The summed E-state index contributed by atoms with van der Waals surface area (Å²) in [6.07, 6.45) is 8.81. The molecule has 0 bridgehead atoms. The highest BCUT2D eigenvalue weighted by Crippen LogP contribution is 2.42. The van der Waals surface area contributed by atoms with E-state index in [1.807, 2.05) is 6.07 Å². The lowest BCUT2D eigenvalue weighted by Crippen LogP contribution is -2.47. The number of halogens is 3. The smallest absolute Gasteiger partial charge is 0.428 e. The molecule has 2 aromatic carbocycles. The third-order valence-corrected chi connectivity index (χ3v) is 10.6. The first kappa shape index (κ1) is 42.9. The van der Waals surface area contributed by atoms with Gasteiger partial charge in [-0.15, -0.1) is 11.8 Å². The van der Waals surface area contributed by atoms with Crippen molar-refractivity contribution < 1.29 is 51.2 Å². The van der Waals surface area contributed by atoms with Gasteiger partial charge < -0.3 is 33.9 Å². The summed E-state index contributed by atoms with van der Waals surface area (Å²) < 4.78 is 73.0. The molecule has 2 aliphatic rings. The van der Waals surface area contributed by atoms with E-state index in [4.69, 9.17) is 28.9 Å². The Kier molecular flexibility index (Phi) is 16.1. The molecule has 3 heterocycles. The van der Waals surface area contributed by atoms with Crippen molar-refractivity contribution in [3.8, 4) is 6.07 Å². The number of hydrogen-bond donors (Lipinski definition) is 1. The number of rotatable bonds is 18. The quantitative estimate of drug-likeness (QED) is 0.101. The third kappa shape index (κ3) is 12.9. The van der Waals surface area contributed by atoms with Gasteiger partial charge in [0, 0.05) is 42.0 Å². The predicted octanol–water partition coefficient (Wildman–Crippen LogP) is 5.24. The Morgan fingerprint density at radius 3 is 2.56 bits per heavy atom. The second-order valence-corrected chi connectivity index (χ2v) is 14.8. The molecule has 0 radical (unpaired) electrons. The summed E-state index contributed by atoms with van der Waals surface area (Å²) in [5.41, 5.74) is -1.57. The van der Waals surface area contributed by atoms with Crippen molar-refractivity contribution >= 4 is 35.9 Å². The molecule has 18 heteroatoms. The highest BCUT2D eigenvalue weighted by Gasteiger charge is 2.47. The van der Waals surface area contributed by atoms with Crippen LogP contribution in [0.3, 0.4) is 0 Å². The molecule has 0 spiro atoms. The number of allylic oxidation sites excluding steroid dienone is 2. The number of carbonyl (C=O) groups is 3. The Balaban J connectivity index is 1.19. The zero-order chi connectivity index (χ0) is 40.6. The number of likely N-dealkylation sites (tertiary alicyclic amines) is 1. The lowest BCUT2D eigenvalue weighted by atomic mass is 9.89. The molecular formula is C39H43F3N6O8S. The van der Waals surface area contributed by atoms with E-state index in [1.54, 1.807) is 25.2 Å². The fourth-order valence-corrected chi connectivity index (χ4v) is 7.54. The molecule has 2 atom stereocenters. The number of nitrogens with zero attached hydrogens (tertiary/aromatic N) is 5. The number of ether oxygens (including phenoxy) is 5. The molecule has 3 aromatic rings. The van der Waals surface area contributed by atoms with Gasteiger partial charge in [0.15, 0.2) is 11.9 Å². The normalized spacial score (nSPS) is 18.9.